The quantitative estimate of drug-likeness (QED) is 0.511. The molecular weight excluding hydrogens is 430 g/mol. The van der Waals surface area contributed by atoms with Crippen LogP contribution in [0.3, 0.4) is 0 Å². The normalized spacial score (nSPS) is 11.0. The zero-order valence-corrected chi connectivity index (χ0v) is 18.3. The molecule has 0 heterocycles. The Morgan fingerprint density at radius 2 is 1.77 bits per heavy atom. The third kappa shape index (κ3) is 7.01. The molecule has 0 radical (unpaired) electrons. The molecule has 0 saturated heterocycles. The van der Waals surface area contributed by atoms with Crippen LogP contribution in [0.5, 0.6) is 5.75 Å². The first-order chi connectivity index (χ1) is 14.2. The highest BCUT2D eigenvalue weighted by Gasteiger charge is 2.15. The molecule has 10 heteroatoms. The summed E-state index contributed by atoms with van der Waals surface area (Å²) in [5.41, 5.74) is 1.28. The number of benzene rings is 2. The van der Waals surface area contributed by atoms with E-state index in [9.17, 15) is 18.0 Å². The summed E-state index contributed by atoms with van der Waals surface area (Å²) in [5, 5.41) is 5.64. The van der Waals surface area contributed by atoms with Gasteiger partial charge >= 0.3 is 0 Å². The lowest BCUT2D eigenvalue weighted by Crippen LogP contribution is -2.35. The smallest absolute Gasteiger partial charge is 0.243 e. The van der Waals surface area contributed by atoms with Crippen LogP contribution in [0.15, 0.2) is 47.4 Å². The van der Waals surface area contributed by atoms with Crippen molar-refractivity contribution >= 4 is 39.1 Å². The summed E-state index contributed by atoms with van der Waals surface area (Å²) in [6, 6.07) is 11.1. The van der Waals surface area contributed by atoms with Gasteiger partial charge in [-0.2, -0.15) is 0 Å². The van der Waals surface area contributed by atoms with Crippen molar-refractivity contribution < 1.29 is 22.7 Å². The Morgan fingerprint density at radius 3 is 2.43 bits per heavy atom. The van der Waals surface area contributed by atoms with E-state index in [1.807, 2.05) is 6.92 Å². The molecule has 2 rings (SSSR count). The monoisotopic (exact) mass is 453 g/mol. The van der Waals surface area contributed by atoms with Gasteiger partial charge in [-0.15, -0.1) is 0 Å². The molecule has 0 unspecified atom stereocenters. The van der Waals surface area contributed by atoms with Crippen LogP contribution in [0.1, 0.15) is 18.9 Å². The molecule has 162 valence electrons. The molecule has 2 aromatic carbocycles. The highest BCUT2D eigenvalue weighted by Crippen LogP contribution is 2.22. The van der Waals surface area contributed by atoms with Crippen molar-refractivity contribution in [2.24, 2.45) is 0 Å². The number of carbonyl (C=O) groups excluding carboxylic acids is 2. The minimum absolute atomic E-state index is 0.0719. The molecular formula is C20H24ClN3O5S. The van der Waals surface area contributed by atoms with E-state index in [0.29, 0.717) is 23.1 Å². The number of anilines is 1. The molecule has 0 aliphatic heterocycles. The summed E-state index contributed by atoms with van der Waals surface area (Å²) in [4.78, 5) is 24.0. The van der Waals surface area contributed by atoms with Gasteiger partial charge in [-0.1, -0.05) is 17.7 Å². The standard InChI is InChI=1S/C20H24ClN3O5S/c1-3-29-15-7-9-16(10-8-15)30(27,28)23-12-11-19(25)22-13-20(26)24-18-6-4-5-17(21)14(18)2/h4-10,23H,3,11-13H2,1-2H3,(H,22,25)(H,24,26). The molecule has 0 atom stereocenters. The number of nitrogens with one attached hydrogen (secondary N) is 3. The third-order valence-corrected chi connectivity index (χ3v) is 5.96. The second kappa shape index (κ2) is 11.0. The number of ether oxygens (including phenoxy) is 1. The Kier molecular flexibility index (Phi) is 8.64. The van der Waals surface area contributed by atoms with Gasteiger partial charge in [-0.05, 0) is 55.8 Å². The number of carbonyl (C=O) groups is 2. The predicted octanol–water partition coefficient (Wildman–Crippen LogP) is 2.47. The minimum atomic E-state index is -3.75. The summed E-state index contributed by atoms with van der Waals surface area (Å²) < 4.78 is 32.1. The lowest BCUT2D eigenvalue weighted by Gasteiger charge is -2.11. The van der Waals surface area contributed by atoms with Crippen molar-refractivity contribution in [2.45, 2.75) is 25.2 Å². The topological polar surface area (TPSA) is 114 Å². The molecule has 0 saturated carbocycles. The van der Waals surface area contributed by atoms with Crippen LogP contribution in [0.2, 0.25) is 5.02 Å². The third-order valence-electron chi connectivity index (χ3n) is 4.08. The Hall–Kier alpha value is -2.62. The Labute approximate surface area is 181 Å². The maximum atomic E-state index is 12.3. The number of hydrogen-bond donors (Lipinski definition) is 3. The first-order valence-electron chi connectivity index (χ1n) is 9.27. The fourth-order valence-electron chi connectivity index (χ4n) is 2.47. The van der Waals surface area contributed by atoms with Crippen LogP contribution in [0.4, 0.5) is 5.69 Å². The van der Waals surface area contributed by atoms with Gasteiger partial charge in [-0.25, -0.2) is 13.1 Å². The highest BCUT2D eigenvalue weighted by molar-refractivity contribution is 7.89. The van der Waals surface area contributed by atoms with Gasteiger partial charge in [-0.3, -0.25) is 9.59 Å². The number of sulfonamides is 1. The summed E-state index contributed by atoms with van der Waals surface area (Å²) >= 11 is 6.00. The fourth-order valence-corrected chi connectivity index (χ4v) is 3.67. The van der Waals surface area contributed by atoms with Crippen LogP contribution in [-0.2, 0) is 19.6 Å². The minimum Gasteiger partial charge on any atom is -0.494 e. The van der Waals surface area contributed by atoms with E-state index < -0.39 is 21.8 Å². The summed E-state index contributed by atoms with van der Waals surface area (Å²) in [6.07, 6.45) is -0.111. The predicted molar refractivity (Wildman–Crippen MR) is 115 cm³/mol. The average molecular weight is 454 g/mol. The summed E-state index contributed by atoms with van der Waals surface area (Å²) in [6.45, 7) is 3.75. The van der Waals surface area contributed by atoms with Crippen LogP contribution < -0.4 is 20.1 Å². The number of amides is 2. The highest BCUT2D eigenvalue weighted by atomic mass is 35.5. The number of rotatable bonds is 10. The molecule has 0 fully saturated rings. The number of hydrogen-bond acceptors (Lipinski definition) is 5. The maximum Gasteiger partial charge on any atom is 0.243 e. The molecule has 3 N–H and O–H groups in total. The summed E-state index contributed by atoms with van der Waals surface area (Å²) in [7, 11) is -3.75. The van der Waals surface area contributed by atoms with Gasteiger partial charge < -0.3 is 15.4 Å². The van der Waals surface area contributed by atoms with E-state index in [4.69, 9.17) is 16.3 Å². The molecule has 0 aliphatic carbocycles. The van der Waals surface area contributed by atoms with Gasteiger partial charge in [0.1, 0.15) is 5.75 Å². The van der Waals surface area contributed by atoms with Crippen molar-refractivity contribution in [2.75, 3.05) is 25.0 Å². The van der Waals surface area contributed by atoms with Gasteiger partial charge in [0, 0.05) is 23.7 Å². The van der Waals surface area contributed by atoms with E-state index in [-0.39, 0.29) is 24.4 Å². The average Bonchev–Trinajstić information content (AvgIpc) is 2.70. The first-order valence-corrected chi connectivity index (χ1v) is 11.1. The molecule has 0 spiro atoms. The Balaban J connectivity index is 1.76. The molecule has 0 aliphatic rings. The first kappa shape index (κ1) is 23.7. The van der Waals surface area contributed by atoms with Crippen LogP contribution >= 0.6 is 11.6 Å². The zero-order chi connectivity index (χ0) is 22.1. The van der Waals surface area contributed by atoms with Crippen LogP contribution in [0.25, 0.3) is 0 Å². The van der Waals surface area contributed by atoms with Crippen LogP contribution in [-0.4, -0.2) is 39.9 Å². The lowest BCUT2D eigenvalue weighted by atomic mass is 10.2. The Bertz CT molecular complexity index is 994. The van der Waals surface area contributed by atoms with E-state index in [2.05, 4.69) is 15.4 Å². The largest absolute Gasteiger partial charge is 0.494 e. The van der Waals surface area contributed by atoms with E-state index in [1.54, 1.807) is 37.3 Å². The summed E-state index contributed by atoms with van der Waals surface area (Å²) in [5.74, 6) is -0.298. The van der Waals surface area contributed by atoms with Gasteiger partial charge in [0.05, 0.1) is 18.0 Å². The molecule has 0 aromatic heterocycles. The molecule has 2 amide bonds. The van der Waals surface area contributed by atoms with Crippen molar-refractivity contribution in [1.82, 2.24) is 10.0 Å². The second-order valence-corrected chi connectivity index (χ2v) is 8.46. The van der Waals surface area contributed by atoms with Crippen molar-refractivity contribution in [3.8, 4) is 5.75 Å². The van der Waals surface area contributed by atoms with E-state index in [1.165, 1.54) is 12.1 Å². The van der Waals surface area contributed by atoms with Crippen molar-refractivity contribution in [1.29, 1.82) is 0 Å². The molecule has 30 heavy (non-hydrogen) atoms. The van der Waals surface area contributed by atoms with Gasteiger partial charge in [0.2, 0.25) is 21.8 Å². The molecule has 0 bridgehead atoms. The maximum absolute atomic E-state index is 12.3. The van der Waals surface area contributed by atoms with Crippen molar-refractivity contribution in [3.05, 3.63) is 53.1 Å². The Morgan fingerprint density at radius 1 is 1.07 bits per heavy atom. The SMILES string of the molecule is CCOc1ccc(S(=O)(=O)NCCC(=O)NCC(=O)Nc2cccc(Cl)c2C)cc1. The van der Waals surface area contributed by atoms with Gasteiger partial charge in [0.25, 0.3) is 0 Å². The molecule has 8 nitrogen and oxygen atoms in total. The number of halogens is 1. The molecule has 2 aromatic rings. The fraction of sp³-hybridized carbons (Fsp3) is 0.300. The second-order valence-electron chi connectivity index (χ2n) is 6.29. The zero-order valence-electron chi connectivity index (χ0n) is 16.7. The van der Waals surface area contributed by atoms with Crippen LogP contribution in [0, 0.1) is 6.92 Å². The lowest BCUT2D eigenvalue weighted by molar-refractivity contribution is -0.124. The van der Waals surface area contributed by atoms with Crippen molar-refractivity contribution in [3.63, 3.8) is 0 Å². The van der Waals surface area contributed by atoms with E-state index >= 15 is 0 Å². The van der Waals surface area contributed by atoms with E-state index in [0.717, 1.165) is 5.56 Å². The van der Waals surface area contributed by atoms with Gasteiger partial charge in [0.15, 0.2) is 0 Å².